The van der Waals surface area contributed by atoms with Crippen molar-refractivity contribution < 1.29 is 4.39 Å². The van der Waals surface area contributed by atoms with Gasteiger partial charge in [0.05, 0.1) is 5.02 Å². The number of piperazine rings is 1. The lowest BCUT2D eigenvalue weighted by atomic mass is 10.0. The summed E-state index contributed by atoms with van der Waals surface area (Å²) in [5.41, 5.74) is 1.06. The van der Waals surface area contributed by atoms with Gasteiger partial charge in [0.25, 0.3) is 0 Å². The minimum absolute atomic E-state index is 0. The molecule has 0 radical (unpaired) electrons. The molecule has 1 N–H and O–H groups in total. The molecule has 1 atom stereocenters. The van der Waals surface area contributed by atoms with E-state index < -0.39 is 0 Å². The van der Waals surface area contributed by atoms with Gasteiger partial charge in [-0.05, 0) is 24.1 Å². The second kappa shape index (κ2) is 7.85. The van der Waals surface area contributed by atoms with Crippen LogP contribution < -0.4 is 5.32 Å². The first kappa shape index (κ1) is 16.4. The Hall–Kier alpha value is -0.610. The Labute approximate surface area is 125 Å². The Kier molecular flexibility index (Phi) is 6.80. The van der Waals surface area contributed by atoms with E-state index in [1.54, 1.807) is 6.07 Å². The summed E-state index contributed by atoms with van der Waals surface area (Å²) in [6.07, 6.45) is 2.76. The zero-order chi connectivity index (χ0) is 13.0. The Morgan fingerprint density at radius 2 is 2.11 bits per heavy atom. The van der Waals surface area contributed by atoms with Crippen molar-refractivity contribution in [3.8, 4) is 0 Å². The van der Waals surface area contributed by atoms with Crippen molar-refractivity contribution in [1.29, 1.82) is 0 Å². The average Bonchev–Trinajstić information content (AvgIpc) is 2.40. The number of rotatable bonds is 4. The fraction of sp³-hybridized carbons (Fsp3) is 0.429. The van der Waals surface area contributed by atoms with Crippen LogP contribution in [0.15, 0.2) is 30.9 Å². The summed E-state index contributed by atoms with van der Waals surface area (Å²) in [4.78, 5) is 2.39. The van der Waals surface area contributed by atoms with E-state index in [0.717, 1.165) is 38.2 Å². The summed E-state index contributed by atoms with van der Waals surface area (Å²) >= 11 is 5.87. The molecule has 0 aliphatic carbocycles. The highest BCUT2D eigenvalue weighted by molar-refractivity contribution is 6.30. The van der Waals surface area contributed by atoms with E-state index in [0.29, 0.717) is 0 Å². The molecule has 19 heavy (non-hydrogen) atoms. The van der Waals surface area contributed by atoms with Crippen molar-refractivity contribution in [1.82, 2.24) is 10.2 Å². The molecule has 1 aromatic rings. The number of hydrogen-bond acceptors (Lipinski definition) is 2. The van der Waals surface area contributed by atoms with Gasteiger partial charge in [0.15, 0.2) is 0 Å². The number of halogens is 3. The van der Waals surface area contributed by atoms with E-state index in [1.165, 1.54) is 6.07 Å². The number of benzene rings is 1. The number of nitrogens with one attached hydrogen (secondary N) is 1. The molecule has 5 heteroatoms. The molecule has 1 heterocycles. The van der Waals surface area contributed by atoms with Crippen LogP contribution in [0, 0.1) is 5.82 Å². The molecule has 2 rings (SSSR count). The second-order valence-corrected chi connectivity index (χ2v) is 4.91. The molecule has 106 valence electrons. The van der Waals surface area contributed by atoms with Crippen molar-refractivity contribution in [3.05, 3.63) is 47.3 Å². The molecule has 1 saturated heterocycles. The zero-order valence-corrected chi connectivity index (χ0v) is 12.3. The summed E-state index contributed by atoms with van der Waals surface area (Å²) in [5.74, 6) is -0.363. The topological polar surface area (TPSA) is 15.3 Å². The maximum Gasteiger partial charge on any atom is 0.141 e. The van der Waals surface area contributed by atoms with Crippen LogP contribution in [0.1, 0.15) is 18.0 Å². The molecule has 0 unspecified atom stereocenters. The van der Waals surface area contributed by atoms with E-state index in [2.05, 4.69) is 16.8 Å². The average molecular weight is 305 g/mol. The Bertz CT molecular complexity index is 420. The second-order valence-electron chi connectivity index (χ2n) is 4.50. The summed E-state index contributed by atoms with van der Waals surface area (Å²) in [6.45, 7) is 7.78. The highest BCUT2D eigenvalue weighted by Gasteiger charge is 2.21. The van der Waals surface area contributed by atoms with Crippen LogP contribution in [0.2, 0.25) is 5.02 Å². The molecule has 1 fully saturated rings. The van der Waals surface area contributed by atoms with Crippen LogP contribution in [0.25, 0.3) is 0 Å². The predicted octanol–water partition coefficient (Wildman–Crippen LogP) is 3.42. The monoisotopic (exact) mass is 304 g/mol. The van der Waals surface area contributed by atoms with Crippen molar-refractivity contribution in [2.45, 2.75) is 12.5 Å². The largest absolute Gasteiger partial charge is 0.314 e. The van der Waals surface area contributed by atoms with Crippen LogP contribution in [0.5, 0.6) is 0 Å². The summed E-state index contributed by atoms with van der Waals surface area (Å²) < 4.78 is 13.2. The SMILES string of the molecule is C=CC[C@H](c1ccc(F)c(Cl)c1)N1CCNCC1.Cl. The van der Waals surface area contributed by atoms with Gasteiger partial charge in [0.1, 0.15) is 5.82 Å². The molecule has 0 spiro atoms. The van der Waals surface area contributed by atoms with Gasteiger partial charge in [0.2, 0.25) is 0 Å². The normalized spacial score (nSPS) is 17.6. The Morgan fingerprint density at radius 3 is 2.68 bits per heavy atom. The van der Waals surface area contributed by atoms with Crippen LogP contribution in [-0.4, -0.2) is 31.1 Å². The van der Waals surface area contributed by atoms with Crippen LogP contribution in [0.4, 0.5) is 4.39 Å². The first-order chi connectivity index (χ1) is 8.72. The van der Waals surface area contributed by atoms with E-state index in [9.17, 15) is 4.39 Å². The first-order valence-corrected chi connectivity index (χ1v) is 6.61. The molecule has 1 aliphatic heterocycles. The van der Waals surface area contributed by atoms with Gasteiger partial charge < -0.3 is 5.32 Å². The fourth-order valence-corrected chi connectivity index (χ4v) is 2.56. The zero-order valence-electron chi connectivity index (χ0n) is 10.7. The van der Waals surface area contributed by atoms with Gasteiger partial charge >= 0.3 is 0 Å². The molecule has 0 amide bonds. The molecular formula is C14H19Cl2FN2. The Morgan fingerprint density at radius 1 is 1.42 bits per heavy atom. The molecule has 0 bridgehead atoms. The summed E-state index contributed by atoms with van der Waals surface area (Å²) in [5, 5.41) is 3.52. The van der Waals surface area contributed by atoms with Gasteiger partial charge in [0, 0.05) is 32.2 Å². The maximum atomic E-state index is 13.2. The first-order valence-electron chi connectivity index (χ1n) is 6.23. The summed E-state index contributed by atoms with van der Waals surface area (Å²) in [6, 6.07) is 5.23. The number of hydrogen-bond donors (Lipinski definition) is 1. The molecule has 1 aromatic carbocycles. The van der Waals surface area contributed by atoms with E-state index in [-0.39, 0.29) is 29.3 Å². The van der Waals surface area contributed by atoms with Crippen LogP contribution in [0.3, 0.4) is 0 Å². The van der Waals surface area contributed by atoms with Gasteiger partial charge in [-0.15, -0.1) is 19.0 Å². The summed E-state index contributed by atoms with van der Waals surface area (Å²) in [7, 11) is 0. The third-order valence-electron chi connectivity index (χ3n) is 3.31. The minimum Gasteiger partial charge on any atom is -0.314 e. The van der Waals surface area contributed by atoms with E-state index >= 15 is 0 Å². The minimum atomic E-state index is -0.363. The van der Waals surface area contributed by atoms with Crippen molar-refractivity contribution in [3.63, 3.8) is 0 Å². The van der Waals surface area contributed by atoms with Gasteiger partial charge in [-0.25, -0.2) is 4.39 Å². The number of nitrogens with zero attached hydrogens (tertiary/aromatic N) is 1. The predicted molar refractivity (Wildman–Crippen MR) is 80.7 cm³/mol. The third kappa shape index (κ3) is 4.18. The van der Waals surface area contributed by atoms with Gasteiger partial charge in [-0.3, -0.25) is 4.90 Å². The molecule has 1 aliphatic rings. The van der Waals surface area contributed by atoms with Crippen LogP contribution in [-0.2, 0) is 0 Å². The van der Waals surface area contributed by atoms with Crippen LogP contribution >= 0.6 is 24.0 Å². The van der Waals surface area contributed by atoms with E-state index in [1.807, 2.05) is 12.1 Å². The van der Waals surface area contributed by atoms with Gasteiger partial charge in [-0.1, -0.05) is 23.7 Å². The Balaban J connectivity index is 0.00000180. The lowest BCUT2D eigenvalue weighted by Gasteiger charge is -2.34. The lowest BCUT2D eigenvalue weighted by Crippen LogP contribution is -2.45. The van der Waals surface area contributed by atoms with Gasteiger partial charge in [-0.2, -0.15) is 0 Å². The van der Waals surface area contributed by atoms with Crippen molar-refractivity contribution in [2.24, 2.45) is 0 Å². The fourth-order valence-electron chi connectivity index (χ4n) is 2.37. The maximum absolute atomic E-state index is 13.2. The van der Waals surface area contributed by atoms with E-state index in [4.69, 9.17) is 11.6 Å². The lowest BCUT2D eigenvalue weighted by molar-refractivity contribution is 0.174. The third-order valence-corrected chi connectivity index (χ3v) is 3.60. The highest BCUT2D eigenvalue weighted by atomic mass is 35.5. The standard InChI is InChI=1S/C14H18ClFN2.ClH/c1-2-3-14(18-8-6-17-7-9-18)11-4-5-13(16)12(15)10-11;/h2,4-5,10,14,17H,1,3,6-9H2;1H/t14-;/m1./s1. The molecular weight excluding hydrogens is 286 g/mol. The highest BCUT2D eigenvalue weighted by Crippen LogP contribution is 2.28. The molecule has 2 nitrogen and oxygen atoms in total. The molecule has 0 aromatic heterocycles. The van der Waals surface area contributed by atoms with Crippen molar-refractivity contribution >= 4 is 24.0 Å². The van der Waals surface area contributed by atoms with Crippen molar-refractivity contribution in [2.75, 3.05) is 26.2 Å². The quantitative estimate of drug-likeness (QED) is 0.858. The molecule has 0 saturated carbocycles. The smallest absolute Gasteiger partial charge is 0.141 e.